The molecule has 0 radical (unpaired) electrons. The van der Waals surface area contributed by atoms with Gasteiger partial charge in [-0.3, -0.25) is 9.59 Å². The topological polar surface area (TPSA) is 106 Å². The molecule has 1 amide bonds. The normalized spacial score (nSPS) is 19.0. The van der Waals surface area contributed by atoms with E-state index in [1.807, 2.05) is 0 Å². The molecule has 0 saturated carbocycles. The van der Waals surface area contributed by atoms with Crippen LogP contribution in [0.5, 0.6) is 0 Å². The molecular formula is C15H21N3O4. The number of carboxylic acid groups (broad SMARTS) is 1. The van der Waals surface area contributed by atoms with Crippen LogP contribution in [0.2, 0.25) is 0 Å². The summed E-state index contributed by atoms with van der Waals surface area (Å²) in [5.74, 6) is -1.63. The molecule has 7 heteroatoms. The molecule has 1 fully saturated rings. The second-order valence-electron chi connectivity index (χ2n) is 5.72. The first kappa shape index (κ1) is 16.2. The van der Waals surface area contributed by atoms with Gasteiger partial charge in [-0.15, -0.1) is 0 Å². The van der Waals surface area contributed by atoms with Gasteiger partial charge in [-0.1, -0.05) is 0 Å². The van der Waals surface area contributed by atoms with Crippen molar-refractivity contribution < 1.29 is 14.7 Å². The molecule has 7 nitrogen and oxygen atoms in total. The monoisotopic (exact) mass is 307 g/mol. The molecule has 3 N–H and O–H groups in total. The van der Waals surface area contributed by atoms with E-state index >= 15 is 0 Å². The number of carbonyl (C=O) groups excluding carboxylic acids is 1. The van der Waals surface area contributed by atoms with Gasteiger partial charge >= 0.3 is 5.97 Å². The highest BCUT2D eigenvalue weighted by Crippen LogP contribution is 2.15. The van der Waals surface area contributed by atoms with E-state index in [-0.39, 0.29) is 17.4 Å². The molecule has 0 aromatic carbocycles. The Morgan fingerprint density at radius 3 is 2.77 bits per heavy atom. The molecule has 1 atom stereocenters. The molecule has 1 aliphatic rings. The van der Waals surface area contributed by atoms with E-state index in [9.17, 15) is 14.4 Å². The van der Waals surface area contributed by atoms with Crippen molar-refractivity contribution in [2.45, 2.75) is 26.3 Å². The van der Waals surface area contributed by atoms with Crippen molar-refractivity contribution in [3.63, 3.8) is 0 Å². The number of pyridine rings is 1. The number of amides is 1. The predicted octanol–water partition coefficient (Wildman–Crippen LogP) is 0.0522. The van der Waals surface area contributed by atoms with E-state index in [0.717, 1.165) is 19.4 Å². The van der Waals surface area contributed by atoms with Crippen LogP contribution in [0.15, 0.2) is 17.1 Å². The van der Waals surface area contributed by atoms with Gasteiger partial charge in [0.2, 0.25) is 5.91 Å². The van der Waals surface area contributed by atoms with Crippen molar-refractivity contribution in [2.75, 3.05) is 19.6 Å². The summed E-state index contributed by atoms with van der Waals surface area (Å²) in [5, 5.41) is 9.11. The number of nitrogens with two attached hydrogens (primary N) is 1. The number of piperidine rings is 1. The zero-order valence-electron chi connectivity index (χ0n) is 12.6. The third-order valence-corrected chi connectivity index (χ3v) is 4.15. The Morgan fingerprint density at radius 1 is 1.41 bits per heavy atom. The largest absolute Gasteiger partial charge is 0.477 e. The van der Waals surface area contributed by atoms with Gasteiger partial charge in [-0.05, 0) is 37.9 Å². The Balaban J connectivity index is 2.06. The summed E-state index contributed by atoms with van der Waals surface area (Å²) < 4.78 is 1.41. The molecule has 120 valence electrons. The smallest absolute Gasteiger partial charge is 0.341 e. The number of aromatic nitrogens is 1. The van der Waals surface area contributed by atoms with Gasteiger partial charge in [0.1, 0.15) is 5.56 Å². The first-order chi connectivity index (χ1) is 10.4. The second kappa shape index (κ2) is 6.74. The number of hydrogen-bond acceptors (Lipinski definition) is 4. The van der Waals surface area contributed by atoms with Crippen LogP contribution in [0.4, 0.5) is 0 Å². The summed E-state index contributed by atoms with van der Waals surface area (Å²) in [5.41, 5.74) is 5.13. The number of carboxylic acids is 1. The van der Waals surface area contributed by atoms with Crippen molar-refractivity contribution in [3.05, 3.63) is 33.7 Å². The van der Waals surface area contributed by atoms with Crippen LogP contribution in [0.1, 0.15) is 28.8 Å². The van der Waals surface area contributed by atoms with Crippen LogP contribution in [0.3, 0.4) is 0 Å². The van der Waals surface area contributed by atoms with E-state index < -0.39 is 11.5 Å². The molecule has 1 unspecified atom stereocenters. The van der Waals surface area contributed by atoms with Gasteiger partial charge < -0.3 is 20.3 Å². The highest BCUT2D eigenvalue weighted by molar-refractivity contribution is 5.88. The van der Waals surface area contributed by atoms with Gasteiger partial charge in [-0.25, -0.2) is 4.79 Å². The Hall–Kier alpha value is -2.15. The van der Waals surface area contributed by atoms with Crippen LogP contribution in [0, 0.1) is 12.8 Å². The third-order valence-electron chi connectivity index (χ3n) is 4.15. The van der Waals surface area contributed by atoms with Crippen molar-refractivity contribution in [3.8, 4) is 0 Å². The SMILES string of the molecule is Cc1ccn(CCN2CCCC(C(N)=O)C2)c(=O)c1C(=O)O. The number of carbonyl (C=O) groups is 2. The first-order valence-electron chi connectivity index (χ1n) is 7.35. The molecule has 0 aliphatic carbocycles. The van der Waals surface area contributed by atoms with Crippen LogP contribution < -0.4 is 11.3 Å². The molecule has 1 aromatic heterocycles. The minimum Gasteiger partial charge on any atom is -0.477 e. The second-order valence-corrected chi connectivity index (χ2v) is 5.72. The van der Waals surface area contributed by atoms with Gasteiger partial charge in [0.05, 0.1) is 5.92 Å². The summed E-state index contributed by atoms with van der Waals surface area (Å²) in [6.07, 6.45) is 3.32. The van der Waals surface area contributed by atoms with Crippen molar-refractivity contribution in [2.24, 2.45) is 11.7 Å². The maximum Gasteiger partial charge on any atom is 0.341 e. The number of likely N-dealkylation sites (tertiary alicyclic amines) is 1. The molecule has 2 rings (SSSR count). The number of aryl methyl sites for hydroxylation is 1. The number of rotatable bonds is 5. The quantitative estimate of drug-likeness (QED) is 0.799. The van der Waals surface area contributed by atoms with Crippen molar-refractivity contribution in [1.29, 1.82) is 0 Å². The van der Waals surface area contributed by atoms with E-state index in [2.05, 4.69) is 4.90 Å². The molecule has 1 aromatic rings. The molecule has 1 saturated heterocycles. The predicted molar refractivity (Wildman–Crippen MR) is 80.8 cm³/mol. The van der Waals surface area contributed by atoms with E-state index in [4.69, 9.17) is 10.8 Å². The Bertz CT molecular complexity index is 638. The van der Waals surface area contributed by atoms with Crippen LogP contribution in [-0.2, 0) is 11.3 Å². The lowest BCUT2D eigenvalue weighted by atomic mass is 9.97. The minimum absolute atomic E-state index is 0.141. The molecule has 1 aliphatic heterocycles. The van der Waals surface area contributed by atoms with Crippen molar-refractivity contribution >= 4 is 11.9 Å². The van der Waals surface area contributed by atoms with Gasteiger partial charge in [-0.2, -0.15) is 0 Å². The number of nitrogens with zero attached hydrogens (tertiary/aromatic N) is 2. The van der Waals surface area contributed by atoms with Gasteiger partial charge in [0.25, 0.3) is 5.56 Å². The van der Waals surface area contributed by atoms with Crippen LogP contribution in [0.25, 0.3) is 0 Å². The van der Waals surface area contributed by atoms with Gasteiger partial charge in [0.15, 0.2) is 0 Å². The Kier molecular flexibility index (Phi) is 4.97. The first-order valence-corrected chi connectivity index (χ1v) is 7.35. The van der Waals surface area contributed by atoms with Crippen LogP contribution >= 0.6 is 0 Å². The molecule has 22 heavy (non-hydrogen) atoms. The standard InChI is InChI=1S/C15H21N3O4/c1-10-4-6-18(14(20)12(10)15(21)22)8-7-17-5-2-3-11(9-17)13(16)19/h4,6,11H,2-3,5,7-9H2,1H3,(H2,16,19)(H,21,22). The summed E-state index contributed by atoms with van der Waals surface area (Å²) >= 11 is 0. The Labute approximate surface area is 128 Å². The number of aromatic carboxylic acids is 1. The van der Waals surface area contributed by atoms with Crippen LogP contribution in [-0.4, -0.2) is 46.1 Å². The lowest BCUT2D eigenvalue weighted by Gasteiger charge is -2.31. The van der Waals surface area contributed by atoms with E-state index in [1.165, 1.54) is 4.57 Å². The summed E-state index contributed by atoms with van der Waals surface area (Å²) in [6, 6.07) is 1.63. The van der Waals surface area contributed by atoms with E-state index in [1.54, 1.807) is 19.2 Å². The average molecular weight is 307 g/mol. The average Bonchev–Trinajstić information content (AvgIpc) is 2.46. The zero-order chi connectivity index (χ0) is 16.3. The van der Waals surface area contributed by atoms with E-state index in [0.29, 0.717) is 25.2 Å². The zero-order valence-corrected chi connectivity index (χ0v) is 12.6. The maximum atomic E-state index is 12.2. The number of hydrogen-bond donors (Lipinski definition) is 2. The molecule has 2 heterocycles. The number of primary amides is 1. The fraction of sp³-hybridized carbons (Fsp3) is 0.533. The molecule has 0 spiro atoms. The van der Waals surface area contributed by atoms with Crippen molar-refractivity contribution in [1.82, 2.24) is 9.47 Å². The summed E-state index contributed by atoms with van der Waals surface area (Å²) in [7, 11) is 0. The lowest BCUT2D eigenvalue weighted by molar-refractivity contribution is -0.123. The minimum atomic E-state index is -1.20. The summed E-state index contributed by atoms with van der Waals surface area (Å²) in [4.78, 5) is 36.7. The molecule has 0 bridgehead atoms. The Morgan fingerprint density at radius 2 is 2.14 bits per heavy atom. The highest BCUT2D eigenvalue weighted by Gasteiger charge is 2.23. The molecular weight excluding hydrogens is 286 g/mol. The maximum absolute atomic E-state index is 12.2. The summed E-state index contributed by atoms with van der Waals surface area (Å²) in [6.45, 7) is 4.05. The highest BCUT2D eigenvalue weighted by atomic mass is 16.4. The van der Waals surface area contributed by atoms with Gasteiger partial charge in [0, 0.05) is 25.8 Å². The fourth-order valence-electron chi connectivity index (χ4n) is 2.84. The lowest BCUT2D eigenvalue weighted by Crippen LogP contribution is -2.43. The third kappa shape index (κ3) is 3.54. The fourth-order valence-corrected chi connectivity index (χ4v) is 2.84.